The van der Waals surface area contributed by atoms with Gasteiger partial charge in [0.15, 0.2) is 23.6 Å². The predicted octanol–water partition coefficient (Wildman–Crippen LogP) is 3.99. The predicted molar refractivity (Wildman–Crippen MR) is 56.5 cm³/mol. The third-order valence-electron chi connectivity index (χ3n) is 3.62. The van der Waals surface area contributed by atoms with Gasteiger partial charge in [-0.3, -0.25) is 0 Å². The summed E-state index contributed by atoms with van der Waals surface area (Å²) in [4.78, 5) is 0. The first-order valence-corrected chi connectivity index (χ1v) is 6.16. The molecule has 0 saturated heterocycles. The summed E-state index contributed by atoms with van der Waals surface area (Å²) < 4.78 is 0.278. The molecule has 0 aliphatic heterocycles. The number of halogens is 2. The van der Waals surface area contributed by atoms with Crippen LogP contribution in [0.2, 0.25) is 0 Å². The molecule has 2 aliphatic carbocycles. The molecule has 0 aromatic carbocycles. The van der Waals surface area contributed by atoms with Crippen LogP contribution in [0.4, 0.5) is 0 Å². The van der Waals surface area contributed by atoms with Crippen LogP contribution in [-0.4, -0.2) is 15.6 Å². The maximum absolute atomic E-state index is 6.45. The van der Waals surface area contributed by atoms with Crippen LogP contribution in [-0.2, 0) is 21.1 Å². The van der Waals surface area contributed by atoms with Crippen molar-refractivity contribution in [1.29, 1.82) is 0 Å². The van der Waals surface area contributed by atoms with E-state index in [9.17, 15) is 0 Å². The quantitative estimate of drug-likeness (QED) is 0.595. The Morgan fingerprint density at radius 2 is 1.00 bits per heavy atom. The first kappa shape index (κ1) is 13.3. The second-order valence-corrected chi connectivity index (χ2v) is 5.77. The summed E-state index contributed by atoms with van der Waals surface area (Å²) in [6.07, 6.45) is 10.2. The van der Waals surface area contributed by atoms with Crippen LogP contribution in [0.3, 0.4) is 0 Å². The number of hydrogen-bond acceptors (Lipinski definition) is 0. The van der Waals surface area contributed by atoms with Crippen molar-refractivity contribution in [2.75, 3.05) is 0 Å². The van der Waals surface area contributed by atoms with E-state index in [1.807, 2.05) is 0 Å². The topological polar surface area (TPSA) is 0 Å². The van der Waals surface area contributed by atoms with E-state index in [2.05, 4.69) is 0 Å². The minimum absolute atomic E-state index is 0. The van der Waals surface area contributed by atoms with E-state index in [4.69, 9.17) is 23.6 Å². The molecular weight excluding hydrogens is 400 g/mol. The molecule has 1 nitrogen and oxygen atoms in total. The molecule has 0 N–H and O–H groups in total. The zero-order chi connectivity index (χ0) is 9.31. The Bertz CT molecular complexity index is 157. The summed E-state index contributed by atoms with van der Waals surface area (Å²) in [5, 5.41) is 0. The van der Waals surface area contributed by atoms with Crippen LogP contribution in [0.15, 0.2) is 0 Å². The summed E-state index contributed by atoms with van der Waals surface area (Å²) in [6.45, 7) is 0. The Labute approximate surface area is 111 Å². The van der Waals surface area contributed by atoms with Gasteiger partial charge in [0, 0.05) is 46.7 Å². The first-order valence-electron chi connectivity index (χ1n) is 5.49. The molecule has 0 heterocycles. The third-order valence-corrected chi connectivity index (χ3v) is 4.73. The van der Waals surface area contributed by atoms with E-state index in [1.165, 1.54) is 51.4 Å². The fourth-order valence-electron chi connectivity index (χ4n) is 2.80. The van der Waals surface area contributed by atoms with Crippen molar-refractivity contribution in [3.05, 3.63) is 0 Å². The molecule has 2 saturated carbocycles. The SMILES string of the molecule is Cl[N+](Cl)(C1CCCC1)C1CCCC1.[Pt]. The first-order chi connectivity index (χ1) is 6.21. The standard InChI is InChI=1S/C10H18Cl2N.Pt/c11-13(12,9-5-1-2-6-9)10-7-3-4-8-10;/h9-10H,1-8H2;/q+1;. The molecule has 0 amide bonds. The van der Waals surface area contributed by atoms with E-state index in [0.29, 0.717) is 12.1 Å². The maximum atomic E-state index is 6.45. The van der Waals surface area contributed by atoms with Crippen LogP contribution >= 0.6 is 23.6 Å². The van der Waals surface area contributed by atoms with Crippen LogP contribution in [0.25, 0.3) is 0 Å². The summed E-state index contributed by atoms with van der Waals surface area (Å²) in [6, 6.07) is 1.04. The third kappa shape index (κ3) is 2.67. The van der Waals surface area contributed by atoms with Gasteiger partial charge in [-0.1, -0.05) is 0 Å². The molecular formula is C10H18Cl2NPt+. The Hall–Kier alpha value is 1.23. The van der Waals surface area contributed by atoms with E-state index >= 15 is 0 Å². The molecule has 0 atom stereocenters. The fraction of sp³-hybridized carbons (Fsp3) is 1.00. The van der Waals surface area contributed by atoms with Crippen LogP contribution in [0.1, 0.15) is 51.4 Å². The normalized spacial score (nSPS) is 25.3. The number of nitrogens with zero attached hydrogens (tertiary/aromatic N) is 1. The Balaban J connectivity index is 0.000000980. The molecule has 0 bridgehead atoms. The van der Waals surface area contributed by atoms with Gasteiger partial charge in [0.05, 0.1) is 0 Å². The number of quaternary nitrogens is 1. The average molecular weight is 418 g/mol. The van der Waals surface area contributed by atoms with Gasteiger partial charge >= 0.3 is 0 Å². The average Bonchev–Trinajstić information content (AvgIpc) is 2.78. The van der Waals surface area contributed by atoms with Crippen molar-refractivity contribution >= 4 is 23.6 Å². The fourth-order valence-corrected chi connectivity index (χ4v) is 3.58. The minimum Gasteiger partial charge on any atom is -0.118 e. The van der Waals surface area contributed by atoms with Crippen molar-refractivity contribution in [2.45, 2.75) is 63.5 Å². The van der Waals surface area contributed by atoms with Gasteiger partial charge in [-0.05, 0) is 25.7 Å². The molecule has 2 fully saturated rings. The van der Waals surface area contributed by atoms with Crippen molar-refractivity contribution in [3.63, 3.8) is 0 Å². The Morgan fingerprint density at radius 1 is 0.714 bits per heavy atom. The van der Waals surface area contributed by atoms with Crippen molar-refractivity contribution in [1.82, 2.24) is 0 Å². The maximum Gasteiger partial charge on any atom is 0.187 e. The van der Waals surface area contributed by atoms with Gasteiger partial charge in [0.2, 0.25) is 0 Å². The Kier molecular flexibility index (Phi) is 5.25. The smallest absolute Gasteiger partial charge is 0.118 e. The molecule has 0 aromatic heterocycles. The van der Waals surface area contributed by atoms with E-state index in [1.54, 1.807) is 0 Å². The minimum atomic E-state index is 0. The zero-order valence-electron chi connectivity index (χ0n) is 8.33. The summed E-state index contributed by atoms with van der Waals surface area (Å²) >= 11 is 12.9. The summed E-state index contributed by atoms with van der Waals surface area (Å²) in [5.74, 6) is 0. The van der Waals surface area contributed by atoms with Gasteiger partial charge in [0.1, 0.15) is 12.1 Å². The van der Waals surface area contributed by atoms with Gasteiger partial charge < -0.3 is 0 Å². The molecule has 2 aliphatic rings. The Morgan fingerprint density at radius 3 is 1.29 bits per heavy atom. The molecule has 0 radical (unpaired) electrons. The van der Waals surface area contributed by atoms with Crippen molar-refractivity contribution in [3.8, 4) is 0 Å². The second-order valence-electron chi connectivity index (χ2n) is 4.48. The molecule has 14 heavy (non-hydrogen) atoms. The van der Waals surface area contributed by atoms with Gasteiger partial charge in [0.25, 0.3) is 0 Å². The second kappa shape index (κ2) is 5.52. The molecule has 4 heteroatoms. The largest absolute Gasteiger partial charge is 0.187 e. The molecule has 86 valence electrons. The van der Waals surface area contributed by atoms with E-state index < -0.39 is 0 Å². The van der Waals surface area contributed by atoms with E-state index in [-0.39, 0.29) is 24.6 Å². The molecule has 0 aromatic rings. The summed E-state index contributed by atoms with van der Waals surface area (Å²) in [5.41, 5.74) is 0. The number of hydrogen-bond donors (Lipinski definition) is 0. The van der Waals surface area contributed by atoms with Gasteiger partial charge in [-0.15, -0.1) is 3.52 Å². The summed E-state index contributed by atoms with van der Waals surface area (Å²) in [7, 11) is 0. The monoisotopic (exact) mass is 417 g/mol. The van der Waals surface area contributed by atoms with Crippen LogP contribution < -0.4 is 0 Å². The zero-order valence-corrected chi connectivity index (χ0v) is 12.1. The van der Waals surface area contributed by atoms with Crippen LogP contribution in [0.5, 0.6) is 0 Å². The molecule has 0 unspecified atom stereocenters. The molecule has 0 spiro atoms. The number of rotatable bonds is 2. The van der Waals surface area contributed by atoms with E-state index in [0.717, 1.165) is 0 Å². The van der Waals surface area contributed by atoms with Gasteiger partial charge in [-0.25, -0.2) is 0 Å². The van der Waals surface area contributed by atoms with Crippen molar-refractivity contribution < 1.29 is 24.6 Å². The van der Waals surface area contributed by atoms with Crippen molar-refractivity contribution in [2.24, 2.45) is 0 Å². The van der Waals surface area contributed by atoms with Gasteiger partial charge in [-0.2, -0.15) is 0 Å². The molecule has 2 rings (SSSR count). The van der Waals surface area contributed by atoms with Crippen LogP contribution in [0, 0.1) is 0 Å².